The number of aromatic nitrogens is 4. The quantitative estimate of drug-likeness (QED) is 0.931. The second kappa shape index (κ2) is 5.13. The van der Waals surface area contributed by atoms with Gasteiger partial charge in [-0.15, -0.1) is 0 Å². The molecule has 2 heterocycles. The van der Waals surface area contributed by atoms with Crippen LogP contribution in [0.15, 0.2) is 23.2 Å². The van der Waals surface area contributed by atoms with Crippen LogP contribution >= 0.6 is 15.9 Å². The Labute approximate surface area is 107 Å². The number of hydrogen-bond donors (Lipinski definition) is 1. The molecule has 0 aliphatic rings. The fraction of sp³-hybridized carbons (Fsp3) is 0.300. The molecule has 0 unspecified atom stereocenters. The molecule has 0 atom stereocenters. The van der Waals surface area contributed by atoms with Crippen molar-refractivity contribution in [2.24, 2.45) is 0 Å². The molecular formula is C10H12BrN5O. The highest BCUT2D eigenvalue weighted by atomic mass is 79.9. The van der Waals surface area contributed by atoms with E-state index in [1.165, 1.54) is 6.33 Å². The lowest BCUT2D eigenvalue weighted by Crippen LogP contribution is -2.08. The molecule has 0 radical (unpaired) electrons. The summed E-state index contributed by atoms with van der Waals surface area (Å²) in [7, 11) is 0. The van der Waals surface area contributed by atoms with Crippen molar-refractivity contribution in [1.82, 2.24) is 19.7 Å². The van der Waals surface area contributed by atoms with Gasteiger partial charge in [-0.2, -0.15) is 10.1 Å². The third-order valence-electron chi connectivity index (χ3n) is 2.04. The van der Waals surface area contributed by atoms with E-state index >= 15 is 0 Å². The van der Waals surface area contributed by atoms with Crippen LogP contribution in [0.3, 0.4) is 0 Å². The molecule has 0 aliphatic carbocycles. The first-order valence-electron chi connectivity index (χ1n) is 5.16. The molecule has 0 bridgehead atoms. The monoisotopic (exact) mass is 297 g/mol. The summed E-state index contributed by atoms with van der Waals surface area (Å²) in [6.07, 6.45) is 5.73. The van der Waals surface area contributed by atoms with Gasteiger partial charge in [0.2, 0.25) is 5.88 Å². The Morgan fingerprint density at radius 3 is 2.94 bits per heavy atom. The lowest BCUT2D eigenvalue weighted by Gasteiger charge is -2.09. The third kappa shape index (κ3) is 2.55. The van der Waals surface area contributed by atoms with E-state index < -0.39 is 0 Å². The van der Waals surface area contributed by atoms with Crippen LogP contribution in [0.4, 0.5) is 5.69 Å². The van der Waals surface area contributed by atoms with Crippen LogP contribution in [0.2, 0.25) is 0 Å². The molecule has 0 aromatic carbocycles. The van der Waals surface area contributed by atoms with Gasteiger partial charge in [-0.05, 0) is 22.4 Å². The van der Waals surface area contributed by atoms with Gasteiger partial charge >= 0.3 is 0 Å². The van der Waals surface area contributed by atoms with Gasteiger partial charge in [0.1, 0.15) is 12.0 Å². The Balaban J connectivity index is 2.35. The molecule has 17 heavy (non-hydrogen) atoms. The number of nitrogens with zero attached hydrogens (tertiary/aromatic N) is 4. The van der Waals surface area contributed by atoms with E-state index in [1.54, 1.807) is 17.1 Å². The van der Waals surface area contributed by atoms with Gasteiger partial charge in [0.25, 0.3) is 0 Å². The lowest BCUT2D eigenvalue weighted by molar-refractivity contribution is 0.306. The van der Waals surface area contributed by atoms with Crippen molar-refractivity contribution in [2.75, 3.05) is 12.3 Å². The van der Waals surface area contributed by atoms with Gasteiger partial charge in [0, 0.05) is 6.20 Å². The van der Waals surface area contributed by atoms with Crippen molar-refractivity contribution in [3.8, 4) is 11.7 Å². The molecule has 6 nitrogen and oxygen atoms in total. The Kier molecular flexibility index (Phi) is 3.58. The van der Waals surface area contributed by atoms with Gasteiger partial charge in [-0.1, -0.05) is 6.92 Å². The van der Waals surface area contributed by atoms with E-state index in [-0.39, 0.29) is 0 Å². The lowest BCUT2D eigenvalue weighted by atomic mass is 10.4. The average molecular weight is 298 g/mol. The summed E-state index contributed by atoms with van der Waals surface area (Å²) in [6.45, 7) is 2.59. The minimum absolute atomic E-state index is 0.386. The number of hydrogen-bond acceptors (Lipinski definition) is 5. The fourth-order valence-corrected chi connectivity index (χ4v) is 1.57. The fourth-order valence-electron chi connectivity index (χ4n) is 1.28. The molecule has 90 valence electrons. The number of nitrogens with two attached hydrogens (primary N) is 1. The van der Waals surface area contributed by atoms with E-state index in [1.807, 2.05) is 6.92 Å². The van der Waals surface area contributed by atoms with Crippen LogP contribution in [-0.4, -0.2) is 26.4 Å². The van der Waals surface area contributed by atoms with Crippen molar-refractivity contribution in [3.05, 3.63) is 23.2 Å². The van der Waals surface area contributed by atoms with Crippen LogP contribution in [0.5, 0.6) is 5.88 Å². The maximum Gasteiger partial charge on any atom is 0.242 e. The largest absolute Gasteiger partial charge is 0.476 e. The molecule has 0 aliphatic heterocycles. The molecule has 0 saturated carbocycles. The molecule has 2 aromatic heterocycles. The Morgan fingerprint density at radius 1 is 1.47 bits per heavy atom. The highest BCUT2D eigenvalue weighted by Crippen LogP contribution is 2.24. The Bertz CT molecular complexity index is 513. The molecule has 0 amide bonds. The highest BCUT2D eigenvalue weighted by Gasteiger charge is 2.11. The van der Waals surface area contributed by atoms with Gasteiger partial charge in [-0.3, -0.25) is 0 Å². The van der Waals surface area contributed by atoms with Crippen LogP contribution in [0.1, 0.15) is 13.3 Å². The van der Waals surface area contributed by atoms with Crippen molar-refractivity contribution < 1.29 is 4.74 Å². The van der Waals surface area contributed by atoms with Crippen LogP contribution < -0.4 is 10.5 Å². The zero-order valence-corrected chi connectivity index (χ0v) is 10.9. The maximum absolute atomic E-state index is 5.94. The summed E-state index contributed by atoms with van der Waals surface area (Å²) < 4.78 is 7.85. The van der Waals surface area contributed by atoms with E-state index in [9.17, 15) is 0 Å². The highest BCUT2D eigenvalue weighted by molar-refractivity contribution is 9.10. The van der Waals surface area contributed by atoms with Crippen molar-refractivity contribution in [1.29, 1.82) is 0 Å². The molecular weight excluding hydrogens is 286 g/mol. The molecule has 7 heteroatoms. The van der Waals surface area contributed by atoms with Crippen molar-refractivity contribution >= 4 is 21.6 Å². The van der Waals surface area contributed by atoms with Gasteiger partial charge in [0.05, 0.1) is 17.3 Å². The number of nitrogen functional groups attached to an aromatic ring is 1. The second-order valence-electron chi connectivity index (χ2n) is 3.37. The smallest absolute Gasteiger partial charge is 0.242 e. The first-order chi connectivity index (χ1) is 8.22. The SMILES string of the molecule is CCCOc1ncnc(-n2cc(Br)cn2)c1N. The third-order valence-corrected chi connectivity index (χ3v) is 2.45. The van der Waals surface area contributed by atoms with Crippen molar-refractivity contribution in [3.63, 3.8) is 0 Å². The van der Waals surface area contributed by atoms with Crippen LogP contribution in [0.25, 0.3) is 5.82 Å². The molecule has 0 saturated heterocycles. The van der Waals surface area contributed by atoms with Gasteiger partial charge < -0.3 is 10.5 Å². The number of rotatable bonds is 4. The molecule has 0 fully saturated rings. The minimum atomic E-state index is 0.386. The molecule has 0 spiro atoms. The first kappa shape index (κ1) is 11.8. The Hall–Kier alpha value is -1.63. The minimum Gasteiger partial charge on any atom is -0.476 e. The molecule has 2 N–H and O–H groups in total. The summed E-state index contributed by atoms with van der Waals surface area (Å²) in [5, 5.41) is 4.11. The summed E-state index contributed by atoms with van der Waals surface area (Å²) in [6, 6.07) is 0. The van der Waals surface area contributed by atoms with Crippen molar-refractivity contribution in [2.45, 2.75) is 13.3 Å². The average Bonchev–Trinajstić information content (AvgIpc) is 2.74. The summed E-state index contributed by atoms with van der Waals surface area (Å²) >= 11 is 3.32. The summed E-state index contributed by atoms with van der Waals surface area (Å²) in [4.78, 5) is 8.09. The van der Waals surface area contributed by atoms with Gasteiger partial charge in [0.15, 0.2) is 5.82 Å². The normalized spacial score (nSPS) is 10.5. The second-order valence-corrected chi connectivity index (χ2v) is 4.28. The molecule has 2 rings (SSSR count). The topological polar surface area (TPSA) is 78.9 Å². The zero-order valence-electron chi connectivity index (χ0n) is 9.30. The number of halogens is 1. The van der Waals surface area contributed by atoms with E-state index in [0.29, 0.717) is 24.0 Å². The predicted molar refractivity (Wildman–Crippen MR) is 67.1 cm³/mol. The number of ether oxygens (including phenoxy) is 1. The van der Waals surface area contributed by atoms with E-state index in [4.69, 9.17) is 10.5 Å². The first-order valence-corrected chi connectivity index (χ1v) is 5.95. The standard InChI is InChI=1S/C10H12BrN5O/c1-2-3-17-10-8(12)9(13-6-14-10)16-5-7(11)4-15-16/h4-6H,2-3,12H2,1H3. The Morgan fingerprint density at radius 2 is 2.29 bits per heavy atom. The van der Waals surface area contributed by atoms with E-state index in [2.05, 4.69) is 31.0 Å². The predicted octanol–water partition coefficient (Wildman–Crippen LogP) is 1.80. The van der Waals surface area contributed by atoms with Crippen LogP contribution in [-0.2, 0) is 0 Å². The van der Waals surface area contributed by atoms with Crippen LogP contribution in [0, 0.1) is 0 Å². The summed E-state index contributed by atoms with van der Waals surface area (Å²) in [5.41, 5.74) is 6.32. The maximum atomic E-state index is 5.94. The zero-order chi connectivity index (χ0) is 12.3. The van der Waals surface area contributed by atoms with E-state index in [0.717, 1.165) is 10.9 Å². The van der Waals surface area contributed by atoms with Gasteiger partial charge in [-0.25, -0.2) is 9.67 Å². The number of anilines is 1. The summed E-state index contributed by atoms with van der Waals surface area (Å²) in [5.74, 6) is 0.903. The molecule has 2 aromatic rings.